The van der Waals surface area contributed by atoms with Crippen LogP contribution in [-0.4, -0.2) is 11.3 Å². The fraction of sp³-hybridized carbons (Fsp3) is 0.500. The molecule has 0 bridgehead atoms. The first-order valence-electron chi connectivity index (χ1n) is 6.27. The molecule has 0 unspecified atom stereocenters. The van der Waals surface area contributed by atoms with Crippen LogP contribution in [0.25, 0.3) is 0 Å². The minimum atomic E-state index is -0.563. The normalized spacial score (nSPS) is 18.6. The Morgan fingerprint density at radius 2 is 2.00 bits per heavy atom. The molecular formula is C14H17ClFNO. The van der Waals surface area contributed by atoms with Crippen LogP contribution in [0.2, 0.25) is 5.02 Å². The molecule has 18 heavy (non-hydrogen) atoms. The van der Waals surface area contributed by atoms with E-state index >= 15 is 0 Å². The maximum atomic E-state index is 13.6. The smallest absolute Gasteiger partial charge is 0.167 e. The van der Waals surface area contributed by atoms with Crippen LogP contribution in [0.1, 0.15) is 48.9 Å². The molecule has 0 aliphatic heterocycles. The van der Waals surface area contributed by atoms with Crippen LogP contribution in [-0.2, 0) is 0 Å². The molecule has 98 valence electrons. The van der Waals surface area contributed by atoms with Gasteiger partial charge in [0, 0.05) is 17.0 Å². The van der Waals surface area contributed by atoms with Crippen molar-refractivity contribution >= 4 is 17.4 Å². The maximum Gasteiger partial charge on any atom is 0.167 e. The predicted molar refractivity (Wildman–Crippen MR) is 70.4 cm³/mol. The molecule has 4 heteroatoms. The molecule has 0 saturated heterocycles. The van der Waals surface area contributed by atoms with Gasteiger partial charge in [0.2, 0.25) is 0 Å². The number of hydrogen-bond acceptors (Lipinski definition) is 2. The monoisotopic (exact) mass is 269 g/mol. The van der Waals surface area contributed by atoms with Crippen LogP contribution >= 0.6 is 11.6 Å². The molecule has 1 aromatic rings. The van der Waals surface area contributed by atoms with Gasteiger partial charge in [-0.05, 0) is 31.0 Å². The van der Waals surface area contributed by atoms with Crippen molar-refractivity contribution in [3.05, 3.63) is 34.6 Å². The number of hydrogen-bond donors (Lipinski definition) is 1. The second kappa shape index (κ2) is 5.37. The molecule has 1 aliphatic rings. The summed E-state index contributed by atoms with van der Waals surface area (Å²) in [5.41, 5.74) is 5.84. The van der Waals surface area contributed by atoms with E-state index in [4.69, 9.17) is 17.3 Å². The number of benzene rings is 1. The fourth-order valence-electron chi connectivity index (χ4n) is 2.56. The van der Waals surface area contributed by atoms with Gasteiger partial charge >= 0.3 is 0 Å². The Morgan fingerprint density at radius 1 is 1.33 bits per heavy atom. The minimum absolute atomic E-state index is 0.0924. The summed E-state index contributed by atoms with van der Waals surface area (Å²) in [5.74, 6) is -0.791. The number of Topliss-reactive ketones (excluding diaryl/α,β-unsaturated/α-hetero) is 1. The highest BCUT2D eigenvalue weighted by Gasteiger charge is 2.31. The summed E-state index contributed by atoms with van der Waals surface area (Å²) in [6.07, 6.45) is 5.16. The summed E-state index contributed by atoms with van der Waals surface area (Å²) in [6.45, 7) is 0. The second-order valence-corrected chi connectivity index (χ2v) is 5.58. The Hall–Kier alpha value is -0.930. The summed E-state index contributed by atoms with van der Waals surface area (Å²) in [7, 11) is 0. The van der Waals surface area contributed by atoms with E-state index < -0.39 is 11.4 Å². The van der Waals surface area contributed by atoms with Crippen LogP contribution in [0.3, 0.4) is 0 Å². The van der Waals surface area contributed by atoms with Crippen molar-refractivity contribution in [2.24, 2.45) is 5.73 Å². The van der Waals surface area contributed by atoms with Gasteiger partial charge in [0.1, 0.15) is 5.82 Å². The largest absolute Gasteiger partial charge is 0.325 e. The third kappa shape index (κ3) is 3.09. The van der Waals surface area contributed by atoms with Gasteiger partial charge in [-0.1, -0.05) is 30.9 Å². The highest BCUT2D eigenvalue weighted by molar-refractivity contribution is 6.30. The topological polar surface area (TPSA) is 43.1 Å². The van der Waals surface area contributed by atoms with Crippen molar-refractivity contribution in [1.29, 1.82) is 0 Å². The number of carbonyl (C=O) groups excluding carboxylic acids is 1. The average Bonchev–Trinajstić information content (AvgIpc) is 2.28. The molecule has 2 N–H and O–H groups in total. The summed E-state index contributed by atoms with van der Waals surface area (Å²) in [6, 6.07) is 4.13. The number of nitrogens with two attached hydrogens (primary N) is 1. The number of ketones is 1. The molecule has 1 fully saturated rings. The van der Waals surface area contributed by atoms with Crippen LogP contribution in [0.5, 0.6) is 0 Å². The second-order valence-electron chi connectivity index (χ2n) is 5.15. The van der Waals surface area contributed by atoms with Crippen LogP contribution in [0.4, 0.5) is 4.39 Å². The van der Waals surface area contributed by atoms with E-state index in [9.17, 15) is 9.18 Å². The van der Waals surface area contributed by atoms with Gasteiger partial charge in [-0.25, -0.2) is 4.39 Å². The molecule has 0 amide bonds. The summed E-state index contributed by atoms with van der Waals surface area (Å²) in [4.78, 5) is 12.1. The Kier molecular flexibility index (Phi) is 4.03. The van der Waals surface area contributed by atoms with Gasteiger partial charge in [0.25, 0.3) is 0 Å². The van der Waals surface area contributed by atoms with Gasteiger partial charge in [0.05, 0.1) is 5.56 Å². The number of halogens is 2. The first-order chi connectivity index (χ1) is 8.50. The molecule has 0 atom stereocenters. The van der Waals surface area contributed by atoms with E-state index in [0.29, 0.717) is 5.02 Å². The SMILES string of the molecule is NC1(CC(=O)c2ccc(Cl)cc2F)CCCCC1. The Bertz CT molecular complexity index is 455. The zero-order chi connectivity index (χ0) is 13.2. The maximum absolute atomic E-state index is 13.6. The van der Waals surface area contributed by atoms with E-state index in [1.807, 2.05) is 0 Å². The van der Waals surface area contributed by atoms with Gasteiger partial charge in [-0.15, -0.1) is 0 Å². The van der Waals surface area contributed by atoms with E-state index in [1.165, 1.54) is 24.6 Å². The van der Waals surface area contributed by atoms with Crippen LogP contribution in [0.15, 0.2) is 18.2 Å². The molecule has 0 radical (unpaired) electrons. The zero-order valence-corrected chi connectivity index (χ0v) is 11.0. The van der Waals surface area contributed by atoms with E-state index in [1.54, 1.807) is 0 Å². The highest BCUT2D eigenvalue weighted by Crippen LogP contribution is 2.30. The molecule has 0 heterocycles. The molecule has 1 saturated carbocycles. The van der Waals surface area contributed by atoms with Gasteiger partial charge in [-0.2, -0.15) is 0 Å². The van der Waals surface area contributed by atoms with Gasteiger partial charge in [0.15, 0.2) is 5.78 Å². The van der Waals surface area contributed by atoms with Crippen molar-refractivity contribution in [3.63, 3.8) is 0 Å². The van der Waals surface area contributed by atoms with Crippen molar-refractivity contribution in [2.45, 2.75) is 44.1 Å². The Balaban J connectivity index is 2.11. The lowest BCUT2D eigenvalue weighted by atomic mass is 9.78. The van der Waals surface area contributed by atoms with Crippen LogP contribution in [0, 0.1) is 5.82 Å². The Morgan fingerprint density at radius 3 is 2.61 bits per heavy atom. The Labute approximate surface area is 111 Å². The first-order valence-corrected chi connectivity index (χ1v) is 6.65. The molecular weight excluding hydrogens is 253 g/mol. The van der Waals surface area contributed by atoms with E-state index in [0.717, 1.165) is 25.7 Å². The lowest BCUT2D eigenvalue weighted by molar-refractivity contribution is 0.0930. The quantitative estimate of drug-likeness (QED) is 0.850. The molecule has 0 spiro atoms. The molecule has 2 rings (SSSR count). The molecule has 1 aromatic carbocycles. The number of rotatable bonds is 3. The van der Waals surface area contributed by atoms with Crippen LogP contribution < -0.4 is 5.73 Å². The highest BCUT2D eigenvalue weighted by atomic mass is 35.5. The predicted octanol–water partition coefficient (Wildman–Crippen LogP) is 3.71. The molecule has 1 aliphatic carbocycles. The summed E-state index contributed by atoms with van der Waals surface area (Å²) in [5, 5.41) is 0.296. The van der Waals surface area contributed by atoms with Crippen molar-refractivity contribution < 1.29 is 9.18 Å². The lowest BCUT2D eigenvalue weighted by Crippen LogP contribution is -2.43. The standard InChI is InChI=1S/C14H17ClFNO/c15-10-4-5-11(12(16)8-10)13(18)9-14(17)6-2-1-3-7-14/h4-5,8H,1-3,6-7,9,17H2. The van der Waals surface area contributed by atoms with E-state index in [-0.39, 0.29) is 17.8 Å². The lowest BCUT2D eigenvalue weighted by Gasteiger charge is -2.32. The van der Waals surface area contributed by atoms with Crippen molar-refractivity contribution in [2.75, 3.05) is 0 Å². The minimum Gasteiger partial charge on any atom is -0.325 e. The van der Waals surface area contributed by atoms with Crippen molar-refractivity contribution in [3.8, 4) is 0 Å². The van der Waals surface area contributed by atoms with Gasteiger partial charge in [-0.3, -0.25) is 4.79 Å². The molecule has 0 aromatic heterocycles. The average molecular weight is 270 g/mol. The number of carbonyl (C=O) groups is 1. The third-order valence-corrected chi connectivity index (χ3v) is 3.83. The molecule has 2 nitrogen and oxygen atoms in total. The zero-order valence-electron chi connectivity index (χ0n) is 10.2. The summed E-state index contributed by atoms with van der Waals surface area (Å²) < 4.78 is 13.6. The van der Waals surface area contributed by atoms with Crippen molar-refractivity contribution in [1.82, 2.24) is 0 Å². The summed E-state index contributed by atoms with van der Waals surface area (Å²) >= 11 is 5.66. The first kappa shape index (κ1) is 13.5. The fourth-order valence-corrected chi connectivity index (χ4v) is 2.72. The van der Waals surface area contributed by atoms with E-state index in [2.05, 4.69) is 0 Å². The third-order valence-electron chi connectivity index (χ3n) is 3.59. The van der Waals surface area contributed by atoms with Gasteiger partial charge < -0.3 is 5.73 Å².